The fourth-order valence-corrected chi connectivity index (χ4v) is 4.64. The number of rotatable bonds is 3. The van der Waals surface area contributed by atoms with Gasteiger partial charge < -0.3 is 9.80 Å². The van der Waals surface area contributed by atoms with Crippen LogP contribution in [-0.2, 0) is 11.2 Å². The molecule has 2 amide bonds. The maximum absolute atomic E-state index is 12.8. The number of likely N-dealkylation sites (tertiary alicyclic amines) is 1. The van der Waals surface area contributed by atoms with E-state index in [1.54, 1.807) is 0 Å². The highest BCUT2D eigenvalue weighted by molar-refractivity contribution is 7.14. The van der Waals surface area contributed by atoms with Crippen LogP contribution in [0.2, 0.25) is 0 Å². The Morgan fingerprint density at radius 2 is 2.00 bits per heavy atom. The molecule has 7 heteroatoms. The molecule has 130 valence electrons. The van der Waals surface area contributed by atoms with Gasteiger partial charge in [0.2, 0.25) is 5.91 Å². The van der Waals surface area contributed by atoms with Gasteiger partial charge in [0.05, 0.1) is 0 Å². The van der Waals surface area contributed by atoms with Crippen LogP contribution in [0.1, 0.15) is 40.4 Å². The minimum Gasteiger partial charge on any atom is -0.335 e. The van der Waals surface area contributed by atoms with Gasteiger partial charge in [-0.3, -0.25) is 14.5 Å². The zero-order valence-corrected chi connectivity index (χ0v) is 15.1. The molecule has 1 aromatic rings. The highest BCUT2D eigenvalue weighted by Crippen LogP contribution is 2.37. The predicted molar refractivity (Wildman–Crippen MR) is 93.5 cm³/mol. The highest BCUT2D eigenvalue weighted by atomic mass is 32.1. The molecule has 0 N–H and O–H groups in total. The van der Waals surface area contributed by atoms with E-state index in [0.717, 1.165) is 62.4 Å². The molecule has 0 spiro atoms. The standard InChI is InChI=1S/C17H24N4O2S/c1-19(2)12-7-9-20(10-12)17(23)15-18-14-13(24-15)4-3-8-21(14)16(22)11-5-6-11/h11-12H,3-10H2,1-2H3/t12-/m1/s1. The van der Waals surface area contributed by atoms with Gasteiger partial charge in [0, 0.05) is 36.5 Å². The number of amides is 2. The number of anilines is 1. The minimum atomic E-state index is 0.0255. The van der Waals surface area contributed by atoms with Crippen molar-refractivity contribution >= 4 is 29.0 Å². The molecule has 1 atom stereocenters. The van der Waals surface area contributed by atoms with Crippen LogP contribution in [0.5, 0.6) is 0 Å². The average molecular weight is 348 g/mol. The van der Waals surface area contributed by atoms with Crippen molar-refractivity contribution in [2.24, 2.45) is 5.92 Å². The molecule has 0 bridgehead atoms. The zero-order valence-electron chi connectivity index (χ0n) is 14.3. The number of carbonyl (C=O) groups is 2. The molecule has 3 heterocycles. The van der Waals surface area contributed by atoms with Crippen molar-refractivity contribution in [3.8, 4) is 0 Å². The van der Waals surface area contributed by atoms with Gasteiger partial charge in [0.15, 0.2) is 5.01 Å². The highest BCUT2D eigenvalue weighted by Gasteiger charge is 2.38. The van der Waals surface area contributed by atoms with E-state index in [1.807, 2.05) is 9.80 Å². The van der Waals surface area contributed by atoms with E-state index < -0.39 is 0 Å². The normalized spacial score (nSPS) is 23.7. The van der Waals surface area contributed by atoms with Crippen LogP contribution in [0.25, 0.3) is 0 Å². The van der Waals surface area contributed by atoms with Crippen LogP contribution in [0.4, 0.5) is 5.82 Å². The summed E-state index contributed by atoms with van der Waals surface area (Å²) in [6.45, 7) is 2.30. The predicted octanol–water partition coefficient (Wildman–Crippen LogP) is 1.61. The SMILES string of the molecule is CN(C)[C@@H]1CCN(C(=O)c2nc3c(s2)CCCN3C(=O)C2CC2)C1. The summed E-state index contributed by atoms with van der Waals surface area (Å²) in [4.78, 5) is 36.9. The Balaban J connectivity index is 1.53. The second-order valence-electron chi connectivity index (χ2n) is 7.29. The van der Waals surface area contributed by atoms with Crippen molar-refractivity contribution in [3.63, 3.8) is 0 Å². The van der Waals surface area contributed by atoms with Crippen molar-refractivity contribution in [2.75, 3.05) is 38.6 Å². The van der Waals surface area contributed by atoms with Gasteiger partial charge in [-0.05, 0) is 46.2 Å². The third-order valence-corrected chi connectivity index (χ3v) is 6.37. The molecule has 0 radical (unpaired) electrons. The van der Waals surface area contributed by atoms with E-state index in [-0.39, 0.29) is 17.7 Å². The van der Waals surface area contributed by atoms with Gasteiger partial charge in [-0.15, -0.1) is 11.3 Å². The summed E-state index contributed by atoms with van der Waals surface area (Å²) in [6.07, 6.45) is 4.90. The van der Waals surface area contributed by atoms with Gasteiger partial charge in [0.1, 0.15) is 5.82 Å². The first-order valence-electron chi connectivity index (χ1n) is 8.81. The Morgan fingerprint density at radius 3 is 2.67 bits per heavy atom. The zero-order chi connectivity index (χ0) is 16.8. The molecule has 2 aliphatic heterocycles. The molecule has 0 unspecified atom stereocenters. The lowest BCUT2D eigenvalue weighted by Gasteiger charge is -2.25. The average Bonchev–Trinajstić information content (AvgIpc) is 3.13. The number of hydrogen-bond donors (Lipinski definition) is 0. The lowest BCUT2D eigenvalue weighted by Crippen LogP contribution is -2.36. The minimum absolute atomic E-state index is 0.0255. The monoisotopic (exact) mass is 348 g/mol. The number of hydrogen-bond acceptors (Lipinski definition) is 5. The summed E-state index contributed by atoms with van der Waals surface area (Å²) in [5.41, 5.74) is 0. The number of thiazole rings is 1. The smallest absolute Gasteiger partial charge is 0.282 e. The maximum Gasteiger partial charge on any atom is 0.282 e. The summed E-state index contributed by atoms with van der Waals surface area (Å²) in [5.74, 6) is 1.18. The number of likely N-dealkylation sites (N-methyl/N-ethyl adjacent to an activating group) is 1. The van der Waals surface area contributed by atoms with Crippen LogP contribution in [-0.4, -0.2) is 66.4 Å². The second-order valence-corrected chi connectivity index (χ2v) is 8.37. The van der Waals surface area contributed by atoms with Crippen molar-refractivity contribution in [3.05, 3.63) is 9.88 Å². The molecule has 24 heavy (non-hydrogen) atoms. The summed E-state index contributed by atoms with van der Waals surface area (Å²) >= 11 is 1.48. The van der Waals surface area contributed by atoms with E-state index in [4.69, 9.17) is 0 Å². The van der Waals surface area contributed by atoms with Crippen LogP contribution in [0.3, 0.4) is 0 Å². The molecule has 6 nitrogen and oxygen atoms in total. The molecule has 1 saturated heterocycles. The van der Waals surface area contributed by atoms with Gasteiger partial charge in [0.25, 0.3) is 5.91 Å². The maximum atomic E-state index is 12.8. The van der Waals surface area contributed by atoms with Crippen molar-refractivity contribution < 1.29 is 9.59 Å². The summed E-state index contributed by atoms with van der Waals surface area (Å²) < 4.78 is 0. The van der Waals surface area contributed by atoms with Gasteiger partial charge >= 0.3 is 0 Å². The Hall–Kier alpha value is -1.47. The topological polar surface area (TPSA) is 56.8 Å². The van der Waals surface area contributed by atoms with E-state index >= 15 is 0 Å². The van der Waals surface area contributed by atoms with Crippen molar-refractivity contribution in [2.45, 2.75) is 38.1 Å². The summed E-state index contributed by atoms with van der Waals surface area (Å²) in [5, 5.41) is 0.551. The first-order valence-corrected chi connectivity index (χ1v) is 9.63. The van der Waals surface area contributed by atoms with Crippen LogP contribution >= 0.6 is 11.3 Å². The lowest BCUT2D eigenvalue weighted by atomic mass is 10.1. The van der Waals surface area contributed by atoms with Gasteiger partial charge in [-0.2, -0.15) is 0 Å². The molecule has 3 aliphatic rings. The fraction of sp³-hybridized carbons (Fsp3) is 0.706. The molecule has 1 saturated carbocycles. The van der Waals surface area contributed by atoms with E-state index in [0.29, 0.717) is 11.0 Å². The molecule has 4 rings (SSSR count). The van der Waals surface area contributed by atoms with Gasteiger partial charge in [-0.1, -0.05) is 0 Å². The third-order valence-electron chi connectivity index (χ3n) is 5.27. The van der Waals surface area contributed by atoms with E-state index in [9.17, 15) is 9.59 Å². The molecular weight excluding hydrogens is 324 g/mol. The van der Waals surface area contributed by atoms with Crippen LogP contribution in [0, 0.1) is 5.92 Å². The first-order chi connectivity index (χ1) is 11.5. The Kier molecular flexibility index (Phi) is 4.08. The molecule has 1 aliphatic carbocycles. The molecule has 0 aromatic carbocycles. The number of aromatic nitrogens is 1. The quantitative estimate of drug-likeness (QED) is 0.833. The number of fused-ring (bicyclic) bond motifs is 1. The largest absolute Gasteiger partial charge is 0.335 e. The number of aryl methyl sites for hydroxylation is 1. The Labute approximate surface area is 146 Å². The Morgan fingerprint density at radius 1 is 1.21 bits per heavy atom. The summed E-state index contributed by atoms with van der Waals surface area (Å²) in [6, 6.07) is 0.427. The fourth-order valence-electron chi connectivity index (χ4n) is 3.56. The van der Waals surface area contributed by atoms with Crippen molar-refractivity contribution in [1.29, 1.82) is 0 Å². The molecule has 2 fully saturated rings. The van der Waals surface area contributed by atoms with Crippen molar-refractivity contribution in [1.82, 2.24) is 14.8 Å². The molecule has 1 aromatic heterocycles. The molecular formula is C17H24N4O2S. The van der Waals surface area contributed by atoms with Crippen LogP contribution < -0.4 is 4.90 Å². The Bertz CT molecular complexity index is 668. The van der Waals surface area contributed by atoms with Gasteiger partial charge in [-0.25, -0.2) is 4.98 Å². The van der Waals surface area contributed by atoms with E-state index in [1.165, 1.54) is 11.3 Å². The number of carbonyl (C=O) groups excluding carboxylic acids is 2. The first kappa shape index (κ1) is 16.0. The lowest BCUT2D eigenvalue weighted by molar-refractivity contribution is -0.119. The van der Waals surface area contributed by atoms with E-state index in [2.05, 4.69) is 24.0 Å². The summed E-state index contributed by atoms with van der Waals surface area (Å²) in [7, 11) is 4.12. The number of nitrogens with zero attached hydrogens (tertiary/aromatic N) is 4. The second kappa shape index (κ2) is 6.11. The van der Waals surface area contributed by atoms with Crippen LogP contribution in [0.15, 0.2) is 0 Å². The third kappa shape index (κ3) is 2.84.